The number of nitrogens with one attached hydrogen (secondary N) is 1. The van der Waals surface area contributed by atoms with E-state index in [2.05, 4.69) is 5.10 Å². The molecule has 15 heavy (non-hydrogen) atoms. The summed E-state index contributed by atoms with van der Waals surface area (Å²) in [7, 11) is 0. The van der Waals surface area contributed by atoms with E-state index in [4.69, 9.17) is 5.11 Å². The number of carboxylic acids is 1. The van der Waals surface area contributed by atoms with Crippen LogP contribution in [-0.4, -0.2) is 27.9 Å². The Kier molecular flexibility index (Phi) is 2.96. The fourth-order valence-electron chi connectivity index (χ4n) is 1.11. The van der Waals surface area contributed by atoms with Gasteiger partial charge in [0.05, 0.1) is 12.4 Å². The Morgan fingerprint density at radius 3 is 2.47 bits per heavy atom. The predicted molar refractivity (Wildman–Crippen MR) is 40.2 cm³/mol. The zero-order valence-electron chi connectivity index (χ0n) is 7.23. The number of aromatic amines is 1. The van der Waals surface area contributed by atoms with Gasteiger partial charge in [0.15, 0.2) is 5.69 Å². The maximum atomic E-state index is 12.4. The number of aromatic carboxylic acids is 1. The van der Waals surface area contributed by atoms with Crippen LogP contribution in [0.1, 0.15) is 21.7 Å². The minimum atomic E-state index is -4.86. The molecule has 0 saturated carbocycles. The van der Waals surface area contributed by atoms with Crippen LogP contribution in [-0.2, 0) is 12.6 Å². The number of aryl methyl sites for hydroxylation is 1. The molecular formula is C7H6F4N2O2. The molecule has 0 aliphatic heterocycles. The highest BCUT2D eigenvalue weighted by atomic mass is 19.4. The molecule has 1 aromatic rings. The molecule has 0 unspecified atom stereocenters. The van der Waals surface area contributed by atoms with Crippen molar-refractivity contribution in [2.24, 2.45) is 0 Å². The third-order valence-corrected chi connectivity index (χ3v) is 1.67. The summed E-state index contributed by atoms with van der Waals surface area (Å²) in [5.41, 5.74) is -3.10. The molecular weight excluding hydrogens is 220 g/mol. The molecule has 2 N–H and O–H groups in total. The SMILES string of the molecule is O=C(O)c1[nH]nc(CCF)c1C(F)(F)F. The minimum absolute atomic E-state index is 0.571. The van der Waals surface area contributed by atoms with Gasteiger partial charge in [0.1, 0.15) is 5.56 Å². The standard InChI is InChI=1S/C7H6F4N2O2/c8-2-1-3-4(7(9,10)11)5(6(14)15)13-12-3/h1-2H2,(H,12,13)(H,14,15). The molecule has 0 spiro atoms. The van der Waals surface area contributed by atoms with Crippen molar-refractivity contribution in [1.29, 1.82) is 0 Å². The van der Waals surface area contributed by atoms with Crippen LogP contribution >= 0.6 is 0 Å². The summed E-state index contributed by atoms with van der Waals surface area (Å²) in [4.78, 5) is 10.4. The van der Waals surface area contributed by atoms with Crippen LogP contribution in [0.5, 0.6) is 0 Å². The van der Waals surface area contributed by atoms with Crippen molar-refractivity contribution >= 4 is 5.97 Å². The lowest BCUT2D eigenvalue weighted by atomic mass is 10.1. The molecule has 1 heterocycles. The maximum absolute atomic E-state index is 12.4. The third kappa shape index (κ3) is 2.25. The summed E-state index contributed by atoms with van der Waals surface area (Å²) >= 11 is 0. The van der Waals surface area contributed by atoms with Gasteiger partial charge in [-0.25, -0.2) is 4.79 Å². The molecule has 4 nitrogen and oxygen atoms in total. The molecule has 0 bridgehead atoms. The molecule has 0 radical (unpaired) electrons. The number of hydrogen-bond donors (Lipinski definition) is 2. The van der Waals surface area contributed by atoms with Crippen LogP contribution in [0.4, 0.5) is 17.6 Å². The molecule has 0 aliphatic carbocycles. The van der Waals surface area contributed by atoms with Gasteiger partial charge in [-0.15, -0.1) is 0 Å². The lowest BCUT2D eigenvalue weighted by Gasteiger charge is -2.06. The number of halogens is 4. The zero-order chi connectivity index (χ0) is 11.6. The Labute approximate surface area is 80.9 Å². The van der Waals surface area contributed by atoms with E-state index in [9.17, 15) is 22.4 Å². The second-order valence-electron chi connectivity index (χ2n) is 2.66. The molecule has 0 amide bonds. The molecule has 0 fully saturated rings. The molecule has 0 atom stereocenters. The van der Waals surface area contributed by atoms with Crippen LogP contribution in [0.3, 0.4) is 0 Å². The van der Waals surface area contributed by atoms with Crippen LogP contribution in [0.15, 0.2) is 0 Å². The van der Waals surface area contributed by atoms with Crippen molar-refractivity contribution in [3.8, 4) is 0 Å². The number of rotatable bonds is 3. The number of carboxylic acid groups (broad SMARTS) is 1. The summed E-state index contributed by atoms with van der Waals surface area (Å²) in [5, 5.41) is 13.3. The van der Waals surface area contributed by atoms with Gasteiger partial charge in [0, 0.05) is 6.42 Å². The van der Waals surface area contributed by atoms with Crippen LogP contribution in [0, 0.1) is 0 Å². The zero-order valence-corrected chi connectivity index (χ0v) is 7.23. The topological polar surface area (TPSA) is 66.0 Å². The van der Waals surface area contributed by atoms with Gasteiger partial charge in [-0.1, -0.05) is 0 Å². The Bertz CT molecular complexity index is 372. The number of nitrogens with zero attached hydrogens (tertiary/aromatic N) is 1. The smallest absolute Gasteiger partial charge is 0.420 e. The second kappa shape index (κ2) is 3.87. The van der Waals surface area contributed by atoms with Gasteiger partial charge in [0.2, 0.25) is 0 Å². The largest absolute Gasteiger partial charge is 0.477 e. The van der Waals surface area contributed by atoms with Crippen molar-refractivity contribution in [1.82, 2.24) is 10.2 Å². The Morgan fingerprint density at radius 2 is 2.07 bits per heavy atom. The van der Waals surface area contributed by atoms with Gasteiger partial charge in [-0.3, -0.25) is 9.49 Å². The number of carbonyl (C=O) groups is 1. The van der Waals surface area contributed by atoms with Crippen molar-refractivity contribution in [3.05, 3.63) is 17.0 Å². The van der Waals surface area contributed by atoms with E-state index in [0.717, 1.165) is 0 Å². The van der Waals surface area contributed by atoms with Gasteiger partial charge in [-0.05, 0) is 0 Å². The highest BCUT2D eigenvalue weighted by molar-refractivity contribution is 5.87. The Hall–Kier alpha value is -1.60. The van der Waals surface area contributed by atoms with Crippen LogP contribution in [0.2, 0.25) is 0 Å². The lowest BCUT2D eigenvalue weighted by Crippen LogP contribution is -2.13. The van der Waals surface area contributed by atoms with E-state index in [1.165, 1.54) is 0 Å². The van der Waals surface area contributed by atoms with Crippen molar-refractivity contribution < 1.29 is 27.5 Å². The van der Waals surface area contributed by atoms with E-state index >= 15 is 0 Å². The third-order valence-electron chi connectivity index (χ3n) is 1.67. The number of hydrogen-bond acceptors (Lipinski definition) is 2. The van der Waals surface area contributed by atoms with Crippen molar-refractivity contribution in [2.45, 2.75) is 12.6 Å². The van der Waals surface area contributed by atoms with Crippen molar-refractivity contribution in [2.75, 3.05) is 6.67 Å². The molecule has 0 aliphatic rings. The normalized spacial score (nSPS) is 11.7. The average molecular weight is 226 g/mol. The molecule has 1 aromatic heterocycles. The first-order valence-electron chi connectivity index (χ1n) is 3.81. The summed E-state index contributed by atoms with van der Waals surface area (Å²) in [6.45, 7) is -1.03. The monoisotopic (exact) mass is 226 g/mol. The average Bonchev–Trinajstić information content (AvgIpc) is 2.47. The second-order valence-corrected chi connectivity index (χ2v) is 2.66. The fourth-order valence-corrected chi connectivity index (χ4v) is 1.11. The Balaban J connectivity index is 3.27. The number of H-pyrrole nitrogens is 1. The van der Waals surface area contributed by atoms with E-state index in [0.29, 0.717) is 0 Å². The van der Waals surface area contributed by atoms with Gasteiger partial charge in [-0.2, -0.15) is 18.3 Å². The molecule has 8 heteroatoms. The van der Waals surface area contributed by atoms with Crippen LogP contribution < -0.4 is 0 Å². The summed E-state index contributed by atoms with van der Waals surface area (Å²) in [5.74, 6) is -1.78. The predicted octanol–water partition coefficient (Wildman–Crippen LogP) is 1.64. The van der Waals surface area contributed by atoms with E-state index in [1.807, 2.05) is 0 Å². The van der Waals surface area contributed by atoms with Crippen LogP contribution in [0.25, 0.3) is 0 Å². The molecule has 84 valence electrons. The highest BCUT2D eigenvalue weighted by Gasteiger charge is 2.40. The lowest BCUT2D eigenvalue weighted by molar-refractivity contribution is -0.138. The van der Waals surface area contributed by atoms with Crippen molar-refractivity contribution in [3.63, 3.8) is 0 Å². The first-order chi connectivity index (χ1) is 6.88. The summed E-state index contributed by atoms with van der Waals surface area (Å²) < 4.78 is 49.0. The first-order valence-corrected chi connectivity index (χ1v) is 3.81. The van der Waals surface area contributed by atoms with Gasteiger partial charge in [0.25, 0.3) is 0 Å². The number of alkyl halides is 4. The number of aromatic nitrogens is 2. The summed E-state index contributed by atoms with van der Waals surface area (Å²) in [6.07, 6.45) is -5.43. The quantitative estimate of drug-likeness (QED) is 0.770. The maximum Gasteiger partial charge on any atom is 0.420 e. The summed E-state index contributed by atoms with van der Waals surface area (Å²) in [6, 6.07) is 0. The fraction of sp³-hybridized carbons (Fsp3) is 0.429. The Morgan fingerprint density at radius 1 is 1.47 bits per heavy atom. The van der Waals surface area contributed by atoms with E-state index in [1.54, 1.807) is 5.10 Å². The minimum Gasteiger partial charge on any atom is -0.477 e. The molecule has 0 aromatic carbocycles. The highest BCUT2D eigenvalue weighted by Crippen LogP contribution is 2.33. The molecule has 0 saturated heterocycles. The van der Waals surface area contributed by atoms with E-state index in [-0.39, 0.29) is 0 Å². The van der Waals surface area contributed by atoms with Gasteiger partial charge < -0.3 is 5.11 Å². The van der Waals surface area contributed by atoms with Gasteiger partial charge >= 0.3 is 12.1 Å². The molecule has 1 rings (SSSR count). The van der Waals surface area contributed by atoms with E-state index < -0.39 is 42.2 Å². The first kappa shape index (κ1) is 11.5.